The van der Waals surface area contributed by atoms with Crippen molar-refractivity contribution in [3.8, 4) is 5.75 Å². The quantitative estimate of drug-likeness (QED) is 0.870. The summed E-state index contributed by atoms with van der Waals surface area (Å²) in [6.45, 7) is 5.11. The molecular formula is C14H21NO2. The van der Waals surface area contributed by atoms with Gasteiger partial charge in [-0.3, -0.25) is 0 Å². The van der Waals surface area contributed by atoms with E-state index in [1.54, 1.807) is 0 Å². The maximum absolute atomic E-state index is 5.96. The van der Waals surface area contributed by atoms with Gasteiger partial charge in [-0.25, -0.2) is 0 Å². The molecule has 3 nitrogen and oxygen atoms in total. The van der Waals surface area contributed by atoms with Crippen LogP contribution >= 0.6 is 0 Å². The Hall–Kier alpha value is -1.06. The second-order valence-corrected chi connectivity index (χ2v) is 4.63. The van der Waals surface area contributed by atoms with Crippen LogP contribution in [0.15, 0.2) is 18.2 Å². The van der Waals surface area contributed by atoms with Crippen molar-refractivity contribution in [3.63, 3.8) is 0 Å². The van der Waals surface area contributed by atoms with Gasteiger partial charge in [0.05, 0.1) is 6.61 Å². The average Bonchev–Trinajstić information content (AvgIpc) is 2.38. The molecule has 17 heavy (non-hydrogen) atoms. The molecule has 1 aliphatic rings. The maximum atomic E-state index is 5.96. The normalized spacial score (nSPS) is 17.1. The number of para-hydroxylation sites is 1. The Morgan fingerprint density at radius 2 is 2.12 bits per heavy atom. The summed E-state index contributed by atoms with van der Waals surface area (Å²) in [5.74, 6) is 1.59. The van der Waals surface area contributed by atoms with Crippen LogP contribution < -0.4 is 10.5 Å². The van der Waals surface area contributed by atoms with Crippen molar-refractivity contribution in [2.75, 3.05) is 19.8 Å². The minimum absolute atomic E-state index is 0.533. The minimum atomic E-state index is 0.533. The largest absolute Gasteiger partial charge is 0.493 e. The van der Waals surface area contributed by atoms with Crippen LogP contribution in [0.25, 0.3) is 0 Å². The van der Waals surface area contributed by atoms with Crippen molar-refractivity contribution < 1.29 is 9.47 Å². The van der Waals surface area contributed by atoms with Crippen LogP contribution in [0.4, 0.5) is 0 Å². The summed E-state index contributed by atoms with van der Waals surface area (Å²) < 4.78 is 11.3. The van der Waals surface area contributed by atoms with Crippen LogP contribution in [-0.2, 0) is 11.3 Å². The van der Waals surface area contributed by atoms with E-state index in [1.165, 1.54) is 5.56 Å². The van der Waals surface area contributed by atoms with E-state index in [0.717, 1.165) is 44.0 Å². The van der Waals surface area contributed by atoms with Gasteiger partial charge >= 0.3 is 0 Å². The molecule has 1 aliphatic heterocycles. The Balaban J connectivity index is 1.97. The van der Waals surface area contributed by atoms with Crippen LogP contribution in [0.1, 0.15) is 24.0 Å². The molecule has 0 atom stereocenters. The Morgan fingerprint density at radius 3 is 2.82 bits per heavy atom. The monoisotopic (exact) mass is 235 g/mol. The van der Waals surface area contributed by atoms with E-state index >= 15 is 0 Å². The van der Waals surface area contributed by atoms with Gasteiger partial charge < -0.3 is 15.2 Å². The number of ether oxygens (including phenoxy) is 2. The van der Waals surface area contributed by atoms with E-state index < -0.39 is 0 Å². The summed E-state index contributed by atoms with van der Waals surface area (Å²) >= 11 is 0. The van der Waals surface area contributed by atoms with E-state index in [1.807, 2.05) is 12.1 Å². The lowest BCUT2D eigenvalue weighted by Crippen LogP contribution is -2.22. The van der Waals surface area contributed by atoms with Gasteiger partial charge in [0, 0.05) is 25.3 Å². The molecule has 1 aromatic rings. The van der Waals surface area contributed by atoms with Crippen molar-refractivity contribution in [1.82, 2.24) is 0 Å². The second kappa shape index (κ2) is 6.03. The van der Waals surface area contributed by atoms with Crippen LogP contribution in [0, 0.1) is 12.8 Å². The minimum Gasteiger partial charge on any atom is -0.493 e. The number of hydrogen-bond acceptors (Lipinski definition) is 3. The van der Waals surface area contributed by atoms with E-state index in [0.29, 0.717) is 12.5 Å². The van der Waals surface area contributed by atoms with Crippen LogP contribution in [0.3, 0.4) is 0 Å². The molecule has 1 saturated heterocycles. The number of rotatable bonds is 4. The molecule has 1 heterocycles. The molecule has 0 unspecified atom stereocenters. The fourth-order valence-electron chi connectivity index (χ4n) is 2.19. The smallest absolute Gasteiger partial charge is 0.126 e. The molecule has 3 heteroatoms. The Bertz CT molecular complexity index is 359. The zero-order chi connectivity index (χ0) is 12.1. The second-order valence-electron chi connectivity index (χ2n) is 4.63. The van der Waals surface area contributed by atoms with E-state index in [2.05, 4.69) is 13.0 Å². The highest BCUT2D eigenvalue weighted by Crippen LogP contribution is 2.25. The van der Waals surface area contributed by atoms with Crippen LogP contribution in [-0.4, -0.2) is 19.8 Å². The van der Waals surface area contributed by atoms with Crippen molar-refractivity contribution in [2.24, 2.45) is 11.7 Å². The first-order valence-electron chi connectivity index (χ1n) is 6.30. The third kappa shape index (κ3) is 3.20. The van der Waals surface area contributed by atoms with E-state index in [9.17, 15) is 0 Å². The van der Waals surface area contributed by atoms with Crippen molar-refractivity contribution >= 4 is 0 Å². The molecule has 2 N–H and O–H groups in total. The van der Waals surface area contributed by atoms with Gasteiger partial charge in [-0.15, -0.1) is 0 Å². The lowest BCUT2D eigenvalue weighted by Gasteiger charge is -2.23. The Labute approximate surface area is 103 Å². The number of aryl methyl sites for hydroxylation is 1. The van der Waals surface area contributed by atoms with Crippen molar-refractivity contribution in [3.05, 3.63) is 29.3 Å². The van der Waals surface area contributed by atoms with Gasteiger partial charge in [-0.2, -0.15) is 0 Å². The highest BCUT2D eigenvalue weighted by molar-refractivity contribution is 5.40. The number of hydrogen-bond donors (Lipinski definition) is 1. The molecule has 0 amide bonds. The van der Waals surface area contributed by atoms with Gasteiger partial charge in [-0.05, 0) is 31.2 Å². The molecule has 94 valence electrons. The highest BCUT2D eigenvalue weighted by Gasteiger charge is 2.15. The summed E-state index contributed by atoms with van der Waals surface area (Å²) in [6, 6.07) is 6.13. The zero-order valence-electron chi connectivity index (χ0n) is 10.4. The molecule has 0 aromatic heterocycles. The van der Waals surface area contributed by atoms with Crippen molar-refractivity contribution in [2.45, 2.75) is 26.3 Å². The summed E-state index contributed by atoms with van der Waals surface area (Å²) in [5.41, 5.74) is 7.99. The number of benzene rings is 1. The third-order valence-corrected chi connectivity index (χ3v) is 3.32. The van der Waals surface area contributed by atoms with Gasteiger partial charge in [0.25, 0.3) is 0 Å². The lowest BCUT2D eigenvalue weighted by molar-refractivity contribution is 0.0495. The molecule has 1 aromatic carbocycles. The molecule has 0 radical (unpaired) electrons. The topological polar surface area (TPSA) is 44.5 Å². The Kier molecular flexibility index (Phi) is 4.40. The standard InChI is InChI=1S/C14H21NO2/c1-11-3-2-4-13(9-15)14(11)17-10-12-5-7-16-8-6-12/h2-4,12H,5-10,15H2,1H3. The van der Waals surface area contributed by atoms with E-state index in [-0.39, 0.29) is 0 Å². The fraction of sp³-hybridized carbons (Fsp3) is 0.571. The van der Waals surface area contributed by atoms with Gasteiger partial charge in [0.2, 0.25) is 0 Å². The summed E-state index contributed by atoms with van der Waals surface area (Å²) in [4.78, 5) is 0. The molecule has 2 rings (SSSR count). The zero-order valence-corrected chi connectivity index (χ0v) is 10.4. The molecule has 0 saturated carbocycles. The SMILES string of the molecule is Cc1cccc(CN)c1OCC1CCOCC1. The fourth-order valence-corrected chi connectivity index (χ4v) is 2.19. The van der Waals surface area contributed by atoms with E-state index in [4.69, 9.17) is 15.2 Å². The predicted molar refractivity (Wildman–Crippen MR) is 68.1 cm³/mol. The third-order valence-electron chi connectivity index (χ3n) is 3.32. The predicted octanol–water partition coefficient (Wildman–Crippen LogP) is 2.26. The van der Waals surface area contributed by atoms with Gasteiger partial charge in [0.1, 0.15) is 5.75 Å². The summed E-state index contributed by atoms with van der Waals surface area (Å²) in [5, 5.41) is 0. The first-order valence-corrected chi connectivity index (χ1v) is 6.30. The molecule has 1 fully saturated rings. The molecule has 0 bridgehead atoms. The maximum Gasteiger partial charge on any atom is 0.126 e. The molecule has 0 spiro atoms. The highest BCUT2D eigenvalue weighted by atomic mass is 16.5. The van der Waals surface area contributed by atoms with Crippen LogP contribution in [0.5, 0.6) is 5.75 Å². The Morgan fingerprint density at radius 1 is 1.35 bits per heavy atom. The first kappa shape index (κ1) is 12.4. The average molecular weight is 235 g/mol. The number of nitrogens with two attached hydrogens (primary N) is 1. The molecular weight excluding hydrogens is 214 g/mol. The first-order chi connectivity index (χ1) is 8.31. The lowest BCUT2D eigenvalue weighted by atomic mass is 10.0. The summed E-state index contributed by atoms with van der Waals surface area (Å²) in [7, 11) is 0. The van der Waals surface area contributed by atoms with Crippen LogP contribution in [0.2, 0.25) is 0 Å². The van der Waals surface area contributed by atoms with Crippen molar-refractivity contribution in [1.29, 1.82) is 0 Å². The molecule has 0 aliphatic carbocycles. The van der Waals surface area contributed by atoms with Gasteiger partial charge in [0.15, 0.2) is 0 Å². The summed E-state index contributed by atoms with van der Waals surface area (Å²) in [6.07, 6.45) is 2.20. The van der Waals surface area contributed by atoms with Gasteiger partial charge in [-0.1, -0.05) is 18.2 Å².